The number of hydrogen-bond donors (Lipinski definition) is 1. The molecule has 34 heavy (non-hydrogen) atoms. The number of terminal acetylenes is 1. The highest BCUT2D eigenvalue weighted by Gasteiger charge is 2.25. The minimum atomic E-state index is -0.427. The van der Waals surface area contributed by atoms with E-state index in [1.807, 2.05) is 9.47 Å². The first-order chi connectivity index (χ1) is 16.5. The fourth-order valence-corrected chi connectivity index (χ4v) is 4.97. The smallest absolute Gasteiger partial charge is 0.329 e. The van der Waals surface area contributed by atoms with Crippen molar-refractivity contribution in [1.82, 2.24) is 24.0 Å². The molecule has 2 heterocycles. The number of hydrogen-bond acceptors (Lipinski definition) is 4. The Bertz CT molecular complexity index is 1110. The van der Waals surface area contributed by atoms with Crippen molar-refractivity contribution in [2.75, 3.05) is 6.54 Å². The lowest BCUT2D eigenvalue weighted by Crippen LogP contribution is -2.41. The van der Waals surface area contributed by atoms with Gasteiger partial charge in [0.1, 0.15) is 5.82 Å². The summed E-state index contributed by atoms with van der Waals surface area (Å²) in [5.74, 6) is 3.37. The molecule has 2 aromatic rings. The fourth-order valence-electron chi connectivity index (χ4n) is 4.97. The summed E-state index contributed by atoms with van der Waals surface area (Å²) in [7, 11) is 0. The summed E-state index contributed by atoms with van der Waals surface area (Å²) < 4.78 is 3.49. The largest absolute Gasteiger partial charge is 0.330 e. The van der Waals surface area contributed by atoms with Crippen molar-refractivity contribution in [1.29, 1.82) is 0 Å². The number of carbonyl (C=O) groups is 1. The molecule has 0 bridgehead atoms. The zero-order valence-corrected chi connectivity index (χ0v) is 20.8. The number of aromatic nitrogens is 4. The maximum atomic E-state index is 13.2. The first kappa shape index (κ1) is 25.8. The van der Waals surface area contributed by atoms with Crippen LogP contribution >= 0.6 is 0 Å². The van der Waals surface area contributed by atoms with Crippen LogP contribution in [-0.4, -0.2) is 42.5 Å². The van der Waals surface area contributed by atoms with Gasteiger partial charge in [-0.15, -0.1) is 6.42 Å². The molecule has 8 heteroatoms. The molecular formula is C26H39N5O3. The minimum Gasteiger partial charge on any atom is -0.329 e. The molecule has 0 spiro atoms. The van der Waals surface area contributed by atoms with Gasteiger partial charge in [-0.05, 0) is 25.7 Å². The average molecular weight is 470 g/mol. The van der Waals surface area contributed by atoms with Gasteiger partial charge in [-0.2, -0.15) is 0 Å². The standard InChI is InChI=1S/C26H39N5O3/c1-4-7-12-19-30-21(15-16-22(32)29(17-6-3)20-13-10-9-11-14-20)27-24-23(30)25(33)28-26(34)31(24)18-8-5-2/h3,20H,4-5,7-19H2,1-2H3,(H,28,33,34). The molecule has 0 saturated heterocycles. The lowest BCUT2D eigenvalue weighted by Gasteiger charge is -2.33. The van der Waals surface area contributed by atoms with Crippen LogP contribution in [0.1, 0.15) is 90.3 Å². The van der Waals surface area contributed by atoms with Crippen molar-refractivity contribution in [3.63, 3.8) is 0 Å². The summed E-state index contributed by atoms with van der Waals surface area (Å²) in [6, 6.07) is 0.211. The van der Waals surface area contributed by atoms with E-state index >= 15 is 0 Å². The summed E-state index contributed by atoms with van der Waals surface area (Å²) >= 11 is 0. The zero-order valence-electron chi connectivity index (χ0n) is 20.8. The highest BCUT2D eigenvalue weighted by atomic mass is 16.2. The Morgan fingerprint density at radius 3 is 2.47 bits per heavy atom. The number of carbonyl (C=O) groups excluding carboxylic acids is 1. The molecule has 0 unspecified atom stereocenters. The zero-order chi connectivity index (χ0) is 24.5. The van der Waals surface area contributed by atoms with Crippen LogP contribution in [0.15, 0.2) is 9.59 Å². The molecule has 0 radical (unpaired) electrons. The summed E-state index contributed by atoms with van der Waals surface area (Å²) in [5.41, 5.74) is 0.0192. The third-order valence-corrected chi connectivity index (χ3v) is 6.85. The second kappa shape index (κ2) is 12.6. The van der Waals surface area contributed by atoms with E-state index in [9.17, 15) is 14.4 Å². The summed E-state index contributed by atoms with van der Waals surface area (Å²) in [4.78, 5) is 47.6. The van der Waals surface area contributed by atoms with Gasteiger partial charge in [0, 0.05) is 32.0 Å². The number of amides is 1. The molecule has 3 rings (SSSR count). The molecule has 1 aliphatic rings. The van der Waals surface area contributed by atoms with Crippen LogP contribution in [0, 0.1) is 12.3 Å². The molecule has 186 valence electrons. The second-order valence-electron chi connectivity index (χ2n) is 9.34. The van der Waals surface area contributed by atoms with Crippen LogP contribution in [0.4, 0.5) is 0 Å². The van der Waals surface area contributed by atoms with E-state index in [-0.39, 0.29) is 18.4 Å². The number of imidazole rings is 1. The highest BCUT2D eigenvalue weighted by molar-refractivity contribution is 5.77. The van der Waals surface area contributed by atoms with Gasteiger partial charge in [-0.25, -0.2) is 9.78 Å². The first-order valence-electron chi connectivity index (χ1n) is 13.0. The number of nitrogens with one attached hydrogen (secondary N) is 1. The molecule has 0 aliphatic heterocycles. The van der Waals surface area contributed by atoms with Crippen molar-refractivity contribution < 1.29 is 4.79 Å². The van der Waals surface area contributed by atoms with Crippen molar-refractivity contribution in [3.05, 3.63) is 26.7 Å². The van der Waals surface area contributed by atoms with Gasteiger partial charge in [-0.1, -0.05) is 58.3 Å². The van der Waals surface area contributed by atoms with Crippen molar-refractivity contribution in [2.45, 2.75) is 110 Å². The number of rotatable bonds is 12. The fraction of sp³-hybridized carbons (Fsp3) is 0.692. The average Bonchev–Trinajstić information content (AvgIpc) is 3.20. The molecular weight excluding hydrogens is 430 g/mol. The van der Waals surface area contributed by atoms with E-state index in [2.05, 4.69) is 24.8 Å². The summed E-state index contributed by atoms with van der Waals surface area (Å²) in [6.07, 6.45) is 16.5. The topological polar surface area (TPSA) is 93.0 Å². The van der Waals surface area contributed by atoms with Crippen LogP contribution in [0.25, 0.3) is 11.2 Å². The Morgan fingerprint density at radius 1 is 1.09 bits per heavy atom. The molecule has 1 amide bonds. The third kappa shape index (κ3) is 5.99. The normalized spacial score (nSPS) is 14.4. The van der Waals surface area contributed by atoms with E-state index < -0.39 is 11.2 Å². The quantitative estimate of drug-likeness (QED) is 0.380. The van der Waals surface area contributed by atoms with Crippen molar-refractivity contribution >= 4 is 17.1 Å². The minimum absolute atomic E-state index is 0.0364. The molecule has 1 saturated carbocycles. The van der Waals surface area contributed by atoms with E-state index in [1.165, 1.54) is 6.42 Å². The Kier molecular flexibility index (Phi) is 9.55. The van der Waals surface area contributed by atoms with E-state index in [0.29, 0.717) is 43.0 Å². The summed E-state index contributed by atoms with van der Waals surface area (Å²) in [6.45, 7) is 5.66. The van der Waals surface area contributed by atoms with Gasteiger partial charge in [0.2, 0.25) is 5.91 Å². The SMILES string of the molecule is C#CCN(C(=O)CCc1nc2c(c(=O)[nH]c(=O)n2CCCC)n1CCCCC)C1CCCCC1. The van der Waals surface area contributed by atoms with E-state index in [1.54, 1.807) is 4.57 Å². The number of aryl methyl sites for hydroxylation is 3. The van der Waals surface area contributed by atoms with E-state index in [0.717, 1.165) is 57.8 Å². The molecule has 2 aromatic heterocycles. The van der Waals surface area contributed by atoms with Gasteiger partial charge in [0.05, 0.1) is 6.54 Å². The molecule has 0 atom stereocenters. The molecule has 8 nitrogen and oxygen atoms in total. The number of fused-ring (bicyclic) bond motifs is 1. The maximum absolute atomic E-state index is 13.2. The van der Waals surface area contributed by atoms with E-state index in [4.69, 9.17) is 11.4 Å². The Hall–Kier alpha value is -2.82. The maximum Gasteiger partial charge on any atom is 0.330 e. The first-order valence-corrected chi connectivity index (χ1v) is 13.0. The predicted molar refractivity (Wildman–Crippen MR) is 135 cm³/mol. The Morgan fingerprint density at radius 2 is 1.79 bits per heavy atom. The van der Waals surface area contributed by atoms with Crippen LogP contribution < -0.4 is 11.2 Å². The predicted octanol–water partition coefficient (Wildman–Crippen LogP) is 3.60. The molecule has 0 aromatic carbocycles. The number of nitrogens with zero attached hydrogens (tertiary/aromatic N) is 4. The summed E-state index contributed by atoms with van der Waals surface area (Å²) in [5, 5.41) is 0. The monoisotopic (exact) mass is 469 g/mol. The van der Waals surface area contributed by atoms with Crippen LogP contribution in [-0.2, 0) is 24.3 Å². The Labute approximate surface area is 201 Å². The lowest BCUT2D eigenvalue weighted by atomic mass is 9.94. The van der Waals surface area contributed by atoms with Gasteiger partial charge >= 0.3 is 5.69 Å². The second-order valence-corrected chi connectivity index (χ2v) is 9.34. The van der Waals surface area contributed by atoms with Crippen molar-refractivity contribution in [2.24, 2.45) is 0 Å². The molecule has 1 fully saturated rings. The van der Waals surface area contributed by atoms with Gasteiger partial charge in [0.25, 0.3) is 5.56 Å². The van der Waals surface area contributed by atoms with Crippen LogP contribution in [0.2, 0.25) is 0 Å². The number of unbranched alkanes of at least 4 members (excludes halogenated alkanes) is 3. The highest BCUT2D eigenvalue weighted by Crippen LogP contribution is 2.23. The van der Waals surface area contributed by atoms with Crippen molar-refractivity contribution in [3.8, 4) is 12.3 Å². The number of H-pyrrole nitrogens is 1. The third-order valence-electron chi connectivity index (χ3n) is 6.85. The van der Waals surface area contributed by atoms with Crippen LogP contribution in [0.5, 0.6) is 0 Å². The van der Waals surface area contributed by atoms with Gasteiger partial charge in [0.15, 0.2) is 11.2 Å². The Balaban J connectivity index is 1.91. The van der Waals surface area contributed by atoms with Gasteiger partial charge < -0.3 is 9.47 Å². The lowest BCUT2D eigenvalue weighted by molar-refractivity contribution is -0.133. The van der Waals surface area contributed by atoms with Gasteiger partial charge in [-0.3, -0.25) is 19.1 Å². The molecule has 1 N–H and O–H groups in total. The van der Waals surface area contributed by atoms with Crippen LogP contribution in [0.3, 0.4) is 0 Å². The number of aromatic amines is 1. The molecule has 1 aliphatic carbocycles.